The number of carbonyl (C=O) groups excluding carboxylic acids is 1. The molecule has 1 heterocycles. The number of carbonyl (C=O) groups is 1. The van der Waals surface area contributed by atoms with E-state index in [4.69, 9.17) is 5.73 Å². The number of nitrogens with zero attached hydrogens (tertiary/aromatic N) is 1. The van der Waals surface area contributed by atoms with Gasteiger partial charge in [-0.2, -0.15) is 0 Å². The lowest BCUT2D eigenvalue weighted by atomic mass is 10.3. The third kappa shape index (κ3) is 2.97. The van der Waals surface area contributed by atoms with Crippen LogP contribution in [0.2, 0.25) is 0 Å². The van der Waals surface area contributed by atoms with Crippen molar-refractivity contribution in [2.24, 2.45) is 0 Å². The Morgan fingerprint density at radius 2 is 2.29 bits per heavy atom. The molecule has 6 heteroatoms. The molecule has 1 aromatic carbocycles. The molecule has 1 unspecified atom stereocenters. The summed E-state index contributed by atoms with van der Waals surface area (Å²) in [6.45, 7) is 1.87. The first kappa shape index (κ1) is 11.9. The van der Waals surface area contributed by atoms with E-state index in [1.807, 2.05) is 0 Å². The molecule has 0 aliphatic carbocycles. The summed E-state index contributed by atoms with van der Waals surface area (Å²) < 4.78 is 12.0. The summed E-state index contributed by atoms with van der Waals surface area (Å²) in [5, 5.41) is 2.71. The van der Waals surface area contributed by atoms with Crippen LogP contribution in [0.1, 0.15) is 0 Å². The van der Waals surface area contributed by atoms with Crippen LogP contribution in [0.25, 0.3) is 0 Å². The monoisotopic (exact) mass is 253 g/mol. The third-order valence-electron chi connectivity index (χ3n) is 2.61. The number of nitrogens with one attached hydrogen (secondary N) is 1. The van der Waals surface area contributed by atoms with Crippen LogP contribution < -0.4 is 11.1 Å². The number of nitrogen functional groups attached to an aromatic ring is 1. The van der Waals surface area contributed by atoms with Crippen molar-refractivity contribution in [2.45, 2.75) is 4.90 Å². The van der Waals surface area contributed by atoms with Gasteiger partial charge >= 0.3 is 6.03 Å². The van der Waals surface area contributed by atoms with Crippen LogP contribution in [-0.4, -0.2) is 40.5 Å². The average molecular weight is 253 g/mol. The average Bonchev–Trinajstić information content (AvgIpc) is 2.72. The molecule has 1 atom stereocenters. The first-order chi connectivity index (χ1) is 8.16. The molecule has 2 amide bonds. The van der Waals surface area contributed by atoms with Gasteiger partial charge in [-0.15, -0.1) is 0 Å². The van der Waals surface area contributed by atoms with E-state index in [0.29, 0.717) is 36.0 Å². The summed E-state index contributed by atoms with van der Waals surface area (Å²) in [7, 11) is -1.11. The lowest BCUT2D eigenvalue weighted by Crippen LogP contribution is -2.31. The van der Waals surface area contributed by atoms with Gasteiger partial charge in [0.2, 0.25) is 0 Å². The second-order valence-electron chi connectivity index (χ2n) is 3.84. The van der Waals surface area contributed by atoms with E-state index < -0.39 is 10.8 Å². The van der Waals surface area contributed by atoms with Crippen molar-refractivity contribution in [3.63, 3.8) is 0 Å². The summed E-state index contributed by atoms with van der Waals surface area (Å²) in [4.78, 5) is 13.7. The van der Waals surface area contributed by atoms with Crippen LogP contribution in [0.15, 0.2) is 29.2 Å². The number of nitrogens with two attached hydrogens (primary N) is 1. The molecule has 92 valence electrons. The lowest BCUT2D eigenvalue weighted by Gasteiger charge is -2.13. The Labute approximate surface area is 102 Å². The van der Waals surface area contributed by atoms with Gasteiger partial charge in [0.1, 0.15) is 0 Å². The van der Waals surface area contributed by atoms with Crippen LogP contribution in [0.4, 0.5) is 10.5 Å². The van der Waals surface area contributed by atoms with Gasteiger partial charge in [0.25, 0.3) is 0 Å². The maximum absolute atomic E-state index is 12.0. The highest BCUT2D eigenvalue weighted by Crippen LogP contribution is 2.11. The van der Waals surface area contributed by atoms with Crippen molar-refractivity contribution in [1.29, 1.82) is 0 Å². The van der Waals surface area contributed by atoms with Crippen LogP contribution >= 0.6 is 0 Å². The van der Waals surface area contributed by atoms with Gasteiger partial charge in [-0.3, -0.25) is 4.21 Å². The molecule has 0 radical (unpaired) electrons. The number of benzene rings is 1. The van der Waals surface area contributed by atoms with Gasteiger partial charge in [0, 0.05) is 36.0 Å². The molecule has 17 heavy (non-hydrogen) atoms. The predicted molar refractivity (Wildman–Crippen MR) is 67.1 cm³/mol. The second kappa shape index (κ2) is 5.18. The van der Waals surface area contributed by atoms with Gasteiger partial charge in [0.05, 0.1) is 10.8 Å². The molecule has 3 N–H and O–H groups in total. The third-order valence-corrected chi connectivity index (χ3v) is 3.95. The topological polar surface area (TPSA) is 75.4 Å². The smallest absolute Gasteiger partial charge is 0.317 e. The molecule has 0 bridgehead atoms. The fourth-order valence-electron chi connectivity index (χ4n) is 1.69. The minimum Gasteiger partial charge on any atom is -0.399 e. The van der Waals surface area contributed by atoms with Gasteiger partial charge < -0.3 is 16.0 Å². The van der Waals surface area contributed by atoms with E-state index in [1.165, 1.54) is 0 Å². The van der Waals surface area contributed by atoms with Crippen molar-refractivity contribution < 1.29 is 9.00 Å². The Morgan fingerprint density at radius 1 is 1.47 bits per heavy atom. The van der Waals surface area contributed by atoms with E-state index in [1.54, 1.807) is 29.2 Å². The first-order valence-electron chi connectivity index (χ1n) is 5.43. The molecule has 1 aromatic rings. The van der Waals surface area contributed by atoms with E-state index in [-0.39, 0.29) is 6.03 Å². The molecule has 1 aliphatic rings. The number of rotatable bonds is 4. The Kier molecular flexibility index (Phi) is 3.63. The highest BCUT2D eigenvalue weighted by atomic mass is 32.2. The largest absolute Gasteiger partial charge is 0.399 e. The van der Waals surface area contributed by atoms with E-state index in [2.05, 4.69) is 5.32 Å². The molecule has 1 saturated heterocycles. The molecule has 0 aromatic heterocycles. The highest BCUT2D eigenvalue weighted by molar-refractivity contribution is 7.85. The summed E-state index contributed by atoms with van der Waals surface area (Å²) in [6, 6.07) is 6.96. The second-order valence-corrected chi connectivity index (χ2v) is 5.41. The van der Waals surface area contributed by atoms with Crippen molar-refractivity contribution >= 4 is 22.5 Å². The van der Waals surface area contributed by atoms with Crippen LogP contribution in [0, 0.1) is 0 Å². The number of urea groups is 1. The number of hydrogen-bond acceptors (Lipinski definition) is 3. The van der Waals surface area contributed by atoms with E-state index >= 15 is 0 Å². The minimum atomic E-state index is -1.11. The molecule has 1 aliphatic heterocycles. The molecule has 0 saturated carbocycles. The Bertz CT molecular complexity index is 450. The van der Waals surface area contributed by atoms with Crippen molar-refractivity contribution in [1.82, 2.24) is 10.2 Å². The SMILES string of the molecule is Nc1cccc(S(=O)CCN2CCNC2=O)c1. The maximum atomic E-state index is 12.0. The summed E-state index contributed by atoms with van der Waals surface area (Å²) in [6.07, 6.45) is 0. The fraction of sp³-hybridized carbons (Fsp3) is 0.364. The van der Waals surface area contributed by atoms with Gasteiger partial charge in [0.15, 0.2) is 0 Å². The maximum Gasteiger partial charge on any atom is 0.317 e. The van der Waals surface area contributed by atoms with Crippen molar-refractivity contribution in [2.75, 3.05) is 31.1 Å². The summed E-state index contributed by atoms with van der Waals surface area (Å²) in [5.41, 5.74) is 6.23. The lowest BCUT2D eigenvalue weighted by molar-refractivity contribution is 0.220. The van der Waals surface area contributed by atoms with Gasteiger partial charge in [-0.25, -0.2) is 4.79 Å². The van der Waals surface area contributed by atoms with E-state index in [9.17, 15) is 9.00 Å². The van der Waals surface area contributed by atoms with Gasteiger partial charge in [-0.1, -0.05) is 6.07 Å². The number of hydrogen-bond donors (Lipinski definition) is 2. The molecule has 5 nitrogen and oxygen atoms in total. The zero-order chi connectivity index (χ0) is 12.3. The Balaban J connectivity index is 1.91. The predicted octanol–water partition coefficient (Wildman–Crippen LogP) is 0.402. The molecular weight excluding hydrogens is 238 g/mol. The molecule has 2 rings (SSSR count). The van der Waals surface area contributed by atoms with Crippen molar-refractivity contribution in [3.8, 4) is 0 Å². The molecular formula is C11H15N3O2S. The quantitative estimate of drug-likeness (QED) is 0.763. The van der Waals surface area contributed by atoms with Crippen molar-refractivity contribution in [3.05, 3.63) is 24.3 Å². The standard InChI is InChI=1S/C11H15N3O2S/c12-9-2-1-3-10(8-9)17(16)7-6-14-5-4-13-11(14)15/h1-3,8H,4-7,12H2,(H,13,15). The van der Waals surface area contributed by atoms with Crippen LogP contribution in [-0.2, 0) is 10.8 Å². The summed E-state index contributed by atoms with van der Waals surface area (Å²) in [5.74, 6) is 0.441. The molecule has 0 spiro atoms. The first-order valence-corrected chi connectivity index (χ1v) is 6.75. The van der Waals surface area contributed by atoms with Crippen LogP contribution in [0.5, 0.6) is 0 Å². The number of amides is 2. The number of anilines is 1. The summed E-state index contributed by atoms with van der Waals surface area (Å²) >= 11 is 0. The molecule has 1 fully saturated rings. The van der Waals surface area contributed by atoms with E-state index in [0.717, 1.165) is 0 Å². The fourth-order valence-corrected chi connectivity index (χ4v) is 2.81. The van der Waals surface area contributed by atoms with Crippen LogP contribution in [0.3, 0.4) is 0 Å². The highest BCUT2D eigenvalue weighted by Gasteiger charge is 2.19. The minimum absolute atomic E-state index is 0.0745. The Hall–Kier alpha value is -1.56. The van der Waals surface area contributed by atoms with Gasteiger partial charge in [-0.05, 0) is 18.2 Å². The Morgan fingerprint density at radius 3 is 2.94 bits per heavy atom. The normalized spacial score (nSPS) is 16.9. The zero-order valence-electron chi connectivity index (χ0n) is 9.39. The zero-order valence-corrected chi connectivity index (χ0v) is 10.2.